The number of carboxylic acid groups (broad SMARTS) is 1. The molecule has 0 spiro atoms. The number of benzene rings is 1. The smallest absolute Gasteiger partial charge is 0.137 e. The average molecular weight is 232 g/mol. The molecule has 0 amide bonds. The van der Waals surface area contributed by atoms with Crippen molar-refractivity contribution in [2.45, 2.75) is 6.42 Å². The van der Waals surface area contributed by atoms with Gasteiger partial charge in [0.25, 0.3) is 0 Å². The van der Waals surface area contributed by atoms with E-state index in [0.717, 1.165) is 0 Å². The van der Waals surface area contributed by atoms with E-state index in [1.807, 2.05) is 0 Å². The number of aliphatic carboxylic acids is 1. The highest BCUT2D eigenvalue weighted by atomic mass is 79.9. The molecule has 0 N–H and O–H groups in total. The van der Waals surface area contributed by atoms with Gasteiger partial charge >= 0.3 is 0 Å². The molecule has 4 heteroatoms. The summed E-state index contributed by atoms with van der Waals surface area (Å²) >= 11 is 2.95. The molecule has 0 aliphatic heterocycles. The summed E-state index contributed by atoms with van der Waals surface area (Å²) in [5.41, 5.74) is 0.517. The van der Waals surface area contributed by atoms with E-state index in [2.05, 4.69) is 15.9 Å². The van der Waals surface area contributed by atoms with Gasteiger partial charge in [-0.25, -0.2) is 4.39 Å². The number of carboxylic acids is 1. The zero-order valence-electron chi connectivity index (χ0n) is 6.01. The van der Waals surface area contributed by atoms with E-state index in [0.29, 0.717) is 5.56 Å². The van der Waals surface area contributed by atoms with Gasteiger partial charge in [0.2, 0.25) is 0 Å². The van der Waals surface area contributed by atoms with Gasteiger partial charge in [-0.1, -0.05) is 6.07 Å². The Morgan fingerprint density at radius 3 is 2.75 bits per heavy atom. The van der Waals surface area contributed by atoms with Crippen LogP contribution < -0.4 is 5.11 Å². The van der Waals surface area contributed by atoms with Crippen molar-refractivity contribution < 1.29 is 14.3 Å². The fourth-order valence-corrected chi connectivity index (χ4v) is 1.24. The van der Waals surface area contributed by atoms with Crippen LogP contribution in [0.4, 0.5) is 4.39 Å². The molecule has 1 aromatic carbocycles. The van der Waals surface area contributed by atoms with Gasteiger partial charge in [0.1, 0.15) is 5.82 Å². The highest BCUT2D eigenvalue weighted by Gasteiger charge is 1.99. The predicted molar refractivity (Wildman–Crippen MR) is 42.8 cm³/mol. The normalized spacial score (nSPS) is 9.83. The molecule has 0 aliphatic rings. The van der Waals surface area contributed by atoms with E-state index in [1.165, 1.54) is 18.2 Å². The van der Waals surface area contributed by atoms with Gasteiger partial charge in [0.15, 0.2) is 0 Å². The van der Waals surface area contributed by atoms with E-state index in [1.54, 1.807) is 0 Å². The van der Waals surface area contributed by atoms with Crippen molar-refractivity contribution in [2.24, 2.45) is 0 Å². The molecular formula is C8H5BrFO2-. The van der Waals surface area contributed by atoms with Crippen LogP contribution in [0.3, 0.4) is 0 Å². The minimum absolute atomic E-state index is 0.196. The summed E-state index contributed by atoms with van der Waals surface area (Å²) in [6, 6.07) is 4.05. The van der Waals surface area contributed by atoms with Gasteiger partial charge in [0, 0.05) is 12.4 Å². The number of hydrogen-bond acceptors (Lipinski definition) is 2. The summed E-state index contributed by atoms with van der Waals surface area (Å²) in [5.74, 6) is -1.58. The number of carbonyl (C=O) groups excluding carboxylic acids is 1. The molecule has 0 aliphatic carbocycles. The summed E-state index contributed by atoms with van der Waals surface area (Å²) in [6.07, 6.45) is -0.196. The van der Waals surface area contributed by atoms with Crippen molar-refractivity contribution in [1.82, 2.24) is 0 Å². The lowest BCUT2D eigenvalue weighted by Gasteiger charge is -2.02. The van der Waals surface area contributed by atoms with Crippen LogP contribution in [0.1, 0.15) is 5.56 Å². The molecule has 0 fully saturated rings. The average Bonchev–Trinajstić information content (AvgIpc) is 1.96. The third kappa shape index (κ3) is 2.30. The van der Waals surface area contributed by atoms with Crippen LogP contribution in [-0.4, -0.2) is 5.97 Å². The van der Waals surface area contributed by atoms with Crippen molar-refractivity contribution >= 4 is 21.9 Å². The maximum atomic E-state index is 12.6. The van der Waals surface area contributed by atoms with Crippen LogP contribution >= 0.6 is 15.9 Å². The second-order valence-corrected chi connectivity index (χ2v) is 3.15. The van der Waals surface area contributed by atoms with Gasteiger partial charge in [0.05, 0.1) is 4.47 Å². The predicted octanol–water partition coefficient (Wildman–Crippen LogP) is 0.881. The molecule has 0 bridgehead atoms. The lowest BCUT2D eigenvalue weighted by Crippen LogP contribution is -2.24. The molecule has 0 heterocycles. The summed E-state index contributed by atoms with van der Waals surface area (Å²) in [7, 11) is 0. The van der Waals surface area contributed by atoms with Crippen LogP contribution in [0.15, 0.2) is 22.7 Å². The highest BCUT2D eigenvalue weighted by Crippen LogP contribution is 2.16. The quantitative estimate of drug-likeness (QED) is 0.759. The number of rotatable bonds is 2. The largest absolute Gasteiger partial charge is 0.550 e. The number of carbonyl (C=O) groups is 1. The molecular weight excluding hydrogens is 227 g/mol. The van der Waals surface area contributed by atoms with E-state index in [9.17, 15) is 14.3 Å². The Morgan fingerprint density at radius 1 is 1.58 bits per heavy atom. The fraction of sp³-hybridized carbons (Fsp3) is 0.125. The van der Waals surface area contributed by atoms with Crippen molar-refractivity contribution in [3.8, 4) is 0 Å². The lowest BCUT2D eigenvalue weighted by molar-refractivity contribution is -0.304. The van der Waals surface area contributed by atoms with Crippen LogP contribution in [0.25, 0.3) is 0 Å². The van der Waals surface area contributed by atoms with E-state index < -0.39 is 11.8 Å². The Balaban J connectivity index is 2.89. The van der Waals surface area contributed by atoms with Gasteiger partial charge < -0.3 is 9.90 Å². The number of hydrogen-bond donors (Lipinski definition) is 0. The van der Waals surface area contributed by atoms with Gasteiger partial charge in [-0.05, 0) is 33.6 Å². The van der Waals surface area contributed by atoms with Gasteiger partial charge in [-0.3, -0.25) is 0 Å². The molecule has 64 valence electrons. The first-order valence-corrected chi connectivity index (χ1v) is 4.02. The van der Waals surface area contributed by atoms with Crippen molar-refractivity contribution in [3.63, 3.8) is 0 Å². The van der Waals surface area contributed by atoms with Crippen LogP contribution in [-0.2, 0) is 11.2 Å². The van der Waals surface area contributed by atoms with Crippen LogP contribution in [0, 0.1) is 5.82 Å². The second-order valence-electron chi connectivity index (χ2n) is 2.30. The van der Waals surface area contributed by atoms with E-state index >= 15 is 0 Å². The Kier molecular flexibility index (Phi) is 2.81. The zero-order chi connectivity index (χ0) is 9.14. The monoisotopic (exact) mass is 231 g/mol. The Morgan fingerprint density at radius 2 is 2.25 bits per heavy atom. The zero-order valence-corrected chi connectivity index (χ0v) is 7.60. The second kappa shape index (κ2) is 3.67. The first-order valence-electron chi connectivity index (χ1n) is 3.23. The van der Waals surface area contributed by atoms with Gasteiger partial charge in [-0.2, -0.15) is 0 Å². The fourth-order valence-electron chi connectivity index (χ4n) is 0.816. The Hall–Kier alpha value is -0.900. The first kappa shape index (κ1) is 9.19. The maximum Gasteiger partial charge on any atom is 0.137 e. The maximum absolute atomic E-state index is 12.6. The standard InChI is InChI=1S/C8H6BrFO2/c9-6-3-5(4-8(11)12)1-2-7(6)10/h1-3H,4H2,(H,11,12)/p-1. The van der Waals surface area contributed by atoms with Crippen molar-refractivity contribution in [2.75, 3.05) is 0 Å². The Labute approximate surface area is 77.2 Å². The molecule has 0 aromatic heterocycles. The minimum Gasteiger partial charge on any atom is -0.550 e. The molecule has 0 radical (unpaired) electrons. The summed E-state index contributed by atoms with van der Waals surface area (Å²) in [4.78, 5) is 10.1. The molecule has 0 atom stereocenters. The van der Waals surface area contributed by atoms with Crippen molar-refractivity contribution in [3.05, 3.63) is 34.1 Å². The molecule has 1 aromatic rings. The van der Waals surface area contributed by atoms with Gasteiger partial charge in [-0.15, -0.1) is 0 Å². The number of halogens is 2. The molecule has 0 unspecified atom stereocenters. The third-order valence-corrected chi connectivity index (χ3v) is 1.94. The molecule has 1 rings (SSSR count). The first-order chi connectivity index (χ1) is 5.59. The molecule has 0 saturated heterocycles. The van der Waals surface area contributed by atoms with E-state index in [-0.39, 0.29) is 10.9 Å². The highest BCUT2D eigenvalue weighted by molar-refractivity contribution is 9.10. The molecule has 12 heavy (non-hydrogen) atoms. The van der Waals surface area contributed by atoms with Crippen molar-refractivity contribution in [1.29, 1.82) is 0 Å². The summed E-state index contributed by atoms with van der Waals surface area (Å²) in [6.45, 7) is 0. The Bertz CT molecular complexity index is 312. The van der Waals surface area contributed by atoms with E-state index in [4.69, 9.17) is 0 Å². The van der Waals surface area contributed by atoms with Crippen LogP contribution in [0.2, 0.25) is 0 Å². The SMILES string of the molecule is O=C([O-])Cc1ccc(F)c(Br)c1. The molecule has 2 nitrogen and oxygen atoms in total. The lowest BCUT2D eigenvalue weighted by atomic mass is 10.1. The third-order valence-electron chi connectivity index (χ3n) is 1.33. The summed E-state index contributed by atoms with van der Waals surface area (Å²) in [5, 5.41) is 10.1. The molecule has 0 saturated carbocycles. The summed E-state index contributed by atoms with van der Waals surface area (Å²) < 4.78 is 12.9. The van der Waals surface area contributed by atoms with Crippen LogP contribution in [0.5, 0.6) is 0 Å². The topological polar surface area (TPSA) is 40.1 Å². The minimum atomic E-state index is -1.17.